The lowest BCUT2D eigenvalue weighted by molar-refractivity contribution is 0.714. The van der Waals surface area contributed by atoms with E-state index in [0.29, 0.717) is 5.82 Å². The van der Waals surface area contributed by atoms with Crippen LogP contribution >= 0.6 is 11.3 Å². The highest BCUT2D eigenvalue weighted by atomic mass is 32.1. The fraction of sp³-hybridized carbons (Fsp3) is 0.0333. The van der Waals surface area contributed by atoms with E-state index in [1.165, 1.54) is 64.7 Å². The lowest BCUT2D eigenvalue weighted by Gasteiger charge is -2.28. The van der Waals surface area contributed by atoms with Crippen molar-refractivity contribution in [3.8, 4) is 78.4 Å². The van der Waals surface area contributed by atoms with Crippen molar-refractivity contribution >= 4 is 31.5 Å². The third kappa shape index (κ3) is 6.23. The average molecular weight is 821 g/mol. The molecule has 0 fully saturated rings. The van der Waals surface area contributed by atoms with Crippen LogP contribution in [-0.2, 0) is 5.41 Å². The van der Waals surface area contributed by atoms with Gasteiger partial charge in [-0.3, -0.25) is 0 Å². The molecule has 296 valence electrons. The van der Waals surface area contributed by atoms with E-state index in [1.54, 1.807) is 0 Å². The molecule has 0 saturated heterocycles. The van der Waals surface area contributed by atoms with Gasteiger partial charge in [0.15, 0.2) is 5.82 Å². The van der Waals surface area contributed by atoms with Crippen molar-refractivity contribution in [1.29, 1.82) is 0 Å². The summed E-state index contributed by atoms with van der Waals surface area (Å²) in [7, 11) is 0. The average Bonchev–Trinajstić information content (AvgIpc) is 3.88. The predicted molar refractivity (Wildman–Crippen MR) is 265 cm³/mol. The minimum absolute atomic E-state index is 0.251. The smallest absolute Gasteiger partial charge is 0.160 e. The molecule has 1 unspecified atom stereocenters. The summed E-state index contributed by atoms with van der Waals surface area (Å²) in [5.74, 6) is 0.704. The number of hydrogen-bond acceptors (Lipinski definition) is 3. The lowest BCUT2D eigenvalue weighted by atomic mass is 9.74. The Morgan fingerprint density at radius 3 is 1.71 bits per heavy atom. The van der Waals surface area contributed by atoms with Gasteiger partial charge >= 0.3 is 0 Å². The minimum atomic E-state index is -0.251. The van der Waals surface area contributed by atoms with Crippen LogP contribution in [-0.4, -0.2) is 9.97 Å². The van der Waals surface area contributed by atoms with E-state index in [2.05, 4.69) is 207 Å². The van der Waals surface area contributed by atoms with Crippen molar-refractivity contribution in [3.63, 3.8) is 0 Å². The van der Waals surface area contributed by atoms with Gasteiger partial charge in [0.2, 0.25) is 0 Å². The van der Waals surface area contributed by atoms with Crippen molar-refractivity contribution in [2.75, 3.05) is 0 Å². The Hall–Kier alpha value is -7.72. The van der Waals surface area contributed by atoms with Gasteiger partial charge < -0.3 is 0 Å². The fourth-order valence-electron chi connectivity index (χ4n) is 9.85. The molecule has 0 saturated carbocycles. The number of thiophene rings is 1. The van der Waals surface area contributed by atoms with Gasteiger partial charge in [0, 0.05) is 42.3 Å². The molecule has 2 nitrogen and oxygen atoms in total. The van der Waals surface area contributed by atoms with Crippen LogP contribution in [0, 0.1) is 0 Å². The Bertz CT molecular complexity index is 3440. The van der Waals surface area contributed by atoms with Crippen LogP contribution < -0.4 is 0 Å². The molecule has 63 heavy (non-hydrogen) atoms. The van der Waals surface area contributed by atoms with Crippen molar-refractivity contribution in [2.24, 2.45) is 0 Å². The second-order valence-corrected chi connectivity index (χ2v) is 17.7. The van der Waals surface area contributed by atoms with Crippen molar-refractivity contribution in [1.82, 2.24) is 9.97 Å². The minimum Gasteiger partial charge on any atom is -0.228 e. The number of rotatable bonds is 7. The predicted octanol–water partition coefficient (Wildman–Crippen LogP) is 16.2. The van der Waals surface area contributed by atoms with E-state index < -0.39 is 0 Å². The van der Waals surface area contributed by atoms with Crippen LogP contribution in [0.1, 0.15) is 23.6 Å². The van der Waals surface area contributed by atoms with Gasteiger partial charge in [-0.05, 0) is 98.5 Å². The standard InChI is InChI=1S/C60H40N2S/c1-60(46-21-9-4-10-22-46)52-28-13-11-24-51(52)57-47(25-16-29-53(57)60)40-33-31-39(32-34-40)43-35-44(48-26-15-27-50-49-23-12-14-30-56(49)63-58(48)50)37-45(36-43)55-38-54(41-17-5-2-6-18-41)61-59(62-55)42-19-7-3-8-20-42/h2-38H,1H3. The Labute approximate surface area is 371 Å². The molecule has 0 amide bonds. The zero-order chi connectivity index (χ0) is 41.9. The van der Waals surface area contributed by atoms with Gasteiger partial charge in [0.1, 0.15) is 0 Å². The van der Waals surface area contributed by atoms with Crippen molar-refractivity contribution in [3.05, 3.63) is 241 Å². The summed E-state index contributed by atoms with van der Waals surface area (Å²) in [4.78, 5) is 10.4. The highest BCUT2D eigenvalue weighted by molar-refractivity contribution is 7.26. The maximum atomic E-state index is 5.30. The molecule has 9 aromatic carbocycles. The number of aromatic nitrogens is 2. The van der Waals surface area contributed by atoms with Gasteiger partial charge in [0.05, 0.1) is 11.4 Å². The van der Waals surface area contributed by atoms with Crippen molar-refractivity contribution < 1.29 is 0 Å². The van der Waals surface area contributed by atoms with E-state index in [0.717, 1.165) is 44.8 Å². The van der Waals surface area contributed by atoms with Crippen LogP contribution in [0.25, 0.3) is 98.6 Å². The number of nitrogens with zero attached hydrogens (tertiary/aromatic N) is 2. The molecule has 0 aliphatic heterocycles. The highest BCUT2D eigenvalue weighted by Gasteiger charge is 2.41. The zero-order valence-electron chi connectivity index (χ0n) is 34.7. The van der Waals surface area contributed by atoms with Crippen LogP contribution in [0.5, 0.6) is 0 Å². The van der Waals surface area contributed by atoms with Crippen LogP contribution in [0.3, 0.4) is 0 Å². The molecule has 2 aromatic heterocycles. The molecule has 0 N–H and O–H groups in total. The third-order valence-electron chi connectivity index (χ3n) is 13.0. The van der Waals surface area contributed by atoms with Crippen LogP contribution in [0.2, 0.25) is 0 Å². The lowest BCUT2D eigenvalue weighted by Crippen LogP contribution is -2.22. The van der Waals surface area contributed by atoms with Gasteiger partial charge in [0.25, 0.3) is 0 Å². The highest BCUT2D eigenvalue weighted by Crippen LogP contribution is 2.55. The van der Waals surface area contributed by atoms with Gasteiger partial charge in [-0.2, -0.15) is 0 Å². The first kappa shape index (κ1) is 37.1. The number of fused-ring (bicyclic) bond motifs is 6. The van der Waals surface area contributed by atoms with E-state index in [9.17, 15) is 0 Å². The van der Waals surface area contributed by atoms with E-state index in [-0.39, 0.29) is 5.41 Å². The first-order chi connectivity index (χ1) is 31.1. The number of hydrogen-bond donors (Lipinski definition) is 0. The quantitative estimate of drug-likeness (QED) is 0.160. The monoisotopic (exact) mass is 820 g/mol. The number of benzene rings is 9. The van der Waals surface area contributed by atoms with E-state index >= 15 is 0 Å². The Balaban J connectivity index is 1.03. The summed E-state index contributed by atoms with van der Waals surface area (Å²) in [6, 6.07) is 81.2. The molecule has 0 spiro atoms. The molecule has 0 radical (unpaired) electrons. The SMILES string of the molecule is CC1(c2ccccc2)c2ccccc2-c2c(-c3ccc(-c4cc(-c5cc(-c6ccccc6)nc(-c6ccccc6)n5)cc(-c5cccc6c5sc5ccccc56)c4)cc3)cccc21. The Kier molecular flexibility index (Phi) is 8.84. The Morgan fingerprint density at radius 2 is 0.921 bits per heavy atom. The van der Waals surface area contributed by atoms with Crippen molar-refractivity contribution in [2.45, 2.75) is 12.3 Å². The molecule has 3 heteroatoms. The first-order valence-corrected chi connectivity index (χ1v) is 22.4. The normalized spacial score (nSPS) is 14.2. The summed E-state index contributed by atoms with van der Waals surface area (Å²) in [6.07, 6.45) is 0. The fourth-order valence-corrected chi connectivity index (χ4v) is 11.1. The maximum Gasteiger partial charge on any atom is 0.160 e. The topological polar surface area (TPSA) is 25.8 Å². The maximum absolute atomic E-state index is 5.30. The molecule has 2 heterocycles. The largest absolute Gasteiger partial charge is 0.228 e. The van der Waals surface area contributed by atoms with E-state index in [1.807, 2.05) is 35.6 Å². The molecule has 0 bridgehead atoms. The van der Waals surface area contributed by atoms with Gasteiger partial charge in [-0.15, -0.1) is 11.3 Å². The second-order valence-electron chi connectivity index (χ2n) is 16.6. The molecular formula is C60H40N2S. The van der Waals surface area contributed by atoms with Crippen LogP contribution in [0.4, 0.5) is 0 Å². The Morgan fingerprint density at radius 1 is 0.365 bits per heavy atom. The summed E-state index contributed by atoms with van der Waals surface area (Å²) < 4.78 is 2.58. The summed E-state index contributed by atoms with van der Waals surface area (Å²) in [5, 5.41) is 2.57. The summed E-state index contributed by atoms with van der Waals surface area (Å²) >= 11 is 1.86. The summed E-state index contributed by atoms with van der Waals surface area (Å²) in [5.41, 5.74) is 18.3. The van der Waals surface area contributed by atoms with Gasteiger partial charge in [-0.25, -0.2) is 9.97 Å². The molecular weight excluding hydrogens is 781 g/mol. The van der Waals surface area contributed by atoms with Crippen LogP contribution in [0.15, 0.2) is 224 Å². The van der Waals surface area contributed by atoms with Gasteiger partial charge in [-0.1, -0.05) is 194 Å². The third-order valence-corrected chi connectivity index (χ3v) is 14.2. The van der Waals surface area contributed by atoms with E-state index in [4.69, 9.17) is 9.97 Å². The molecule has 1 aliphatic rings. The zero-order valence-corrected chi connectivity index (χ0v) is 35.5. The second kappa shape index (κ2) is 15.0. The molecule has 11 aromatic rings. The molecule has 12 rings (SSSR count). The summed E-state index contributed by atoms with van der Waals surface area (Å²) in [6.45, 7) is 2.38. The molecule has 1 aliphatic carbocycles. The molecule has 1 atom stereocenters. The first-order valence-electron chi connectivity index (χ1n) is 21.6.